The molecule has 5 heteroatoms. The summed E-state index contributed by atoms with van der Waals surface area (Å²) < 4.78 is 5.38. The number of hydrogen-bond acceptors (Lipinski definition) is 3. The predicted molar refractivity (Wildman–Crippen MR) is 59.8 cm³/mol. The Morgan fingerprint density at radius 3 is 2.87 bits per heavy atom. The van der Waals surface area contributed by atoms with Crippen LogP contribution in [0, 0.1) is 11.3 Å². The van der Waals surface area contributed by atoms with Gasteiger partial charge < -0.3 is 4.74 Å². The van der Waals surface area contributed by atoms with Crippen LogP contribution >= 0.6 is 27.5 Å². The number of nitrogens with zero attached hydrogens (tertiary/aromatic N) is 1. The summed E-state index contributed by atoms with van der Waals surface area (Å²) >= 11 is 9.00. The summed E-state index contributed by atoms with van der Waals surface area (Å²) in [5.74, 6) is -0.538. The molecule has 0 aliphatic rings. The van der Waals surface area contributed by atoms with Crippen molar-refractivity contribution in [3.8, 4) is 6.07 Å². The van der Waals surface area contributed by atoms with Crippen molar-refractivity contribution in [2.24, 2.45) is 0 Å². The molecule has 1 aromatic carbocycles. The van der Waals surface area contributed by atoms with E-state index in [2.05, 4.69) is 15.9 Å². The van der Waals surface area contributed by atoms with Crippen molar-refractivity contribution in [2.75, 3.05) is 6.61 Å². The van der Waals surface area contributed by atoms with Gasteiger partial charge in [-0.1, -0.05) is 11.6 Å². The summed E-state index contributed by atoms with van der Waals surface area (Å²) in [5.41, 5.74) is 0.428. The zero-order chi connectivity index (χ0) is 11.4. The zero-order valence-electron chi connectivity index (χ0n) is 7.88. The van der Waals surface area contributed by atoms with Crippen LogP contribution in [0.2, 0.25) is 5.02 Å². The van der Waals surface area contributed by atoms with E-state index < -0.39 is 5.97 Å². The third-order valence-corrected chi connectivity index (χ3v) is 2.87. The molecule has 0 bridgehead atoms. The van der Waals surface area contributed by atoms with Crippen LogP contribution in [0.15, 0.2) is 16.6 Å². The molecule has 0 radical (unpaired) electrons. The lowest BCUT2D eigenvalue weighted by Crippen LogP contribution is -2.07. The van der Waals surface area contributed by atoms with E-state index in [1.807, 2.05) is 6.07 Å². The molecule has 1 aromatic rings. The molecular formula is C10H7BrClNO2. The quantitative estimate of drug-likeness (QED) is 0.786. The van der Waals surface area contributed by atoms with Gasteiger partial charge in [-0.25, -0.2) is 4.79 Å². The molecule has 0 unspecified atom stereocenters. The van der Waals surface area contributed by atoms with Gasteiger partial charge in [0.15, 0.2) is 0 Å². The average molecular weight is 289 g/mol. The van der Waals surface area contributed by atoms with Crippen molar-refractivity contribution in [3.05, 3.63) is 32.8 Å². The minimum atomic E-state index is -0.538. The standard InChI is InChI=1S/C10H7BrClNO2/c1-2-15-10(14)7-4-9(12)8(11)3-6(7)5-13/h3-4H,2H2,1H3. The van der Waals surface area contributed by atoms with Crippen molar-refractivity contribution in [2.45, 2.75) is 6.92 Å². The second kappa shape index (κ2) is 5.15. The highest BCUT2D eigenvalue weighted by atomic mass is 79.9. The molecule has 0 spiro atoms. The highest BCUT2D eigenvalue weighted by Gasteiger charge is 2.14. The summed E-state index contributed by atoms with van der Waals surface area (Å²) in [7, 11) is 0. The van der Waals surface area contributed by atoms with Crippen molar-refractivity contribution >= 4 is 33.5 Å². The maximum absolute atomic E-state index is 11.4. The molecule has 15 heavy (non-hydrogen) atoms. The first kappa shape index (κ1) is 12.0. The molecule has 0 saturated heterocycles. The second-order valence-corrected chi connectivity index (χ2v) is 3.91. The van der Waals surface area contributed by atoms with E-state index >= 15 is 0 Å². The van der Waals surface area contributed by atoms with E-state index in [1.54, 1.807) is 6.92 Å². The van der Waals surface area contributed by atoms with Crippen LogP contribution in [0.5, 0.6) is 0 Å². The number of esters is 1. The number of carbonyl (C=O) groups excluding carboxylic acids is 1. The Balaban J connectivity index is 3.23. The second-order valence-electron chi connectivity index (χ2n) is 2.64. The molecule has 78 valence electrons. The predicted octanol–water partition coefficient (Wildman–Crippen LogP) is 3.15. The van der Waals surface area contributed by atoms with Gasteiger partial charge in [-0.3, -0.25) is 0 Å². The zero-order valence-corrected chi connectivity index (χ0v) is 10.2. The Kier molecular flexibility index (Phi) is 4.13. The van der Waals surface area contributed by atoms with E-state index in [4.69, 9.17) is 21.6 Å². The van der Waals surface area contributed by atoms with Gasteiger partial charge in [0.25, 0.3) is 0 Å². The molecule has 0 aromatic heterocycles. The molecule has 0 saturated carbocycles. The summed E-state index contributed by atoms with van der Waals surface area (Å²) in [5, 5.41) is 9.20. The van der Waals surface area contributed by atoms with Gasteiger partial charge in [0.05, 0.1) is 22.8 Å². The van der Waals surface area contributed by atoms with Crippen LogP contribution in [0.25, 0.3) is 0 Å². The van der Waals surface area contributed by atoms with Crippen molar-refractivity contribution < 1.29 is 9.53 Å². The molecule has 0 aliphatic carbocycles. The molecule has 0 fully saturated rings. The van der Waals surface area contributed by atoms with Crippen LogP contribution in [-0.2, 0) is 4.74 Å². The molecule has 0 aliphatic heterocycles. The number of rotatable bonds is 2. The highest BCUT2D eigenvalue weighted by molar-refractivity contribution is 9.10. The van der Waals surface area contributed by atoms with Crippen molar-refractivity contribution in [1.82, 2.24) is 0 Å². The fourth-order valence-corrected chi connectivity index (χ4v) is 1.52. The maximum Gasteiger partial charge on any atom is 0.339 e. The minimum absolute atomic E-state index is 0.188. The summed E-state index contributed by atoms with van der Waals surface area (Å²) in [6.45, 7) is 1.96. The lowest BCUT2D eigenvalue weighted by molar-refractivity contribution is 0.0526. The van der Waals surface area contributed by atoms with Crippen molar-refractivity contribution in [1.29, 1.82) is 5.26 Å². The van der Waals surface area contributed by atoms with Gasteiger partial charge >= 0.3 is 5.97 Å². The van der Waals surface area contributed by atoms with Crippen LogP contribution in [0.4, 0.5) is 0 Å². The number of nitriles is 1. The van der Waals surface area contributed by atoms with Gasteiger partial charge in [0, 0.05) is 4.47 Å². The molecule has 0 heterocycles. The topological polar surface area (TPSA) is 50.1 Å². The Bertz CT molecular complexity index is 440. The fourth-order valence-electron chi connectivity index (χ4n) is 1.02. The van der Waals surface area contributed by atoms with E-state index in [-0.39, 0.29) is 17.7 Å². The largest absolute Gasteiger partial charge is 0.462 e. The lowest BCUT2D eigenvalue weighted by Gasteiger charge is -2.05. The van der Waals surface area contributed by atoms with Crippen molar-refractivity contribution in [3.63, 3.8) is 0 Å². The Labute approximate surface area is 101 Å². The van der Waals surface area contributed by atoms with Crippen LogP contribution in [-0.4, -0.2) is 12.6 Å². The SMILES string of the molecule is CCOC(=O)c1cc(Cl)c(Br)cc1C#N. The summed E-state index contributed by atoms with van der Waals surface area (Å²) in [4.78, 5) is 11.4. The Hall–Kier alpha value is -1.05. The number of hydrogen-bond donors (Lipinski definition) is 0. The van der Waals surface area contributed by atoms with Gasteiger partial charge in [-0.2, -0.15) is 5.26 Å². The number of carbonyl (C=O) groups is 1. The van der Waals surface area contributed by atoms with Gasteiger partial charge in [0.1, 0.15) is 6.07 Å². The fraction of sp³-hybridized carbons (Fsp3) is 0.200. The van der Waals surface area contributed by atoms with Gasteiger partial charge in [-0.15, -0.1) is 0 Å². The molecule has 0 N–H and O–H groups in total. The minimum Gasteiger partial charge on any atom is -0.462 e. The first-order valence-electron chi connectivity index (χ1n) is 4.16. The normalized spacial score (nSPS) is 9.47. The lowest BCUT2D eigenvalue weighted by atomic mass is 10.1. The number of benzene rings is 1. The first-order valence-corrected chi connectivity index (χ1v) is 5.33. The number of ether oxygens (including phenoxy) is 1. The van der Waals surface area contributed by atoms with Crippen LogP contribution in [0.3, 0.4) is 0 Å². The number of halogens is 2. The summed E-state index contributed by atoms with van der Waals surface area (Å²) in [6, 6.07) is 4.83. The summed E-state index contributed by atoms with van der Waals surface area (Å²) in [6.07, 6.45) is 0. The van der Waals surface area contributed by atoms with Crippen LogP contribution < -0.4 is 0 Å². The first-order chi connectivity index (χ1) is 7.10. The molecular weight excluding hydrogens is 281 g/mol. The van der Waals surface area contributed by atoms with E-state index in [0.29, 0.717) is 9.50 Å². The third kappa shape index (κ3) is 2.71. The van der Waals surface area contributed by atoms with Gasteiger partial charge in [-0.05, 0) is 35.0 Å². The Morgan fingerprint density at radius 1 is 1.67 bits per heavy atom. The third-order valence-electron chi connectivity index (χ3n) is 1.68. The average Bonchev–Trinajstić information content (AvgIpc) is 2.21. The van der Waals surface area contributed by atoms with Crippen LogP contribution in [0.1, 0.15) is 22.8 Å². The molecule has 0 atom stereocenters. The Morgan fingerprint density at radius 2 is 2.33 bits per heavy atom. The van der Waals surface area contributed by atoms with E-state index in [1.165, 1.54) is 12.1 Å². The molecule has 3 nitrogen and oxygen atoms in total. The van der Waals surface area contributed by atoms with E-state index in [9.17, 15) is 4.79 Å². The van der Waals surface area contributed by atoms with Gasteiger partial charge in [0.2, 0.25) is 0 Å². The molecule has 0 amide bonds. The van der Waals surface area contributed by atoms with E-state index in [0.717, 1.165) is 0 Å². The smallest absolute Gasteiger partial charge is 0.339 e. The monoisotopic (exact) mass is 287 g/mol. The highest BCUT2D eigenvalue weighted by Crippen LogP contribution is 2.26. The molecule has 1 rings (SSSR count). The maximum atomic E-state index is 11.4.